The van der Waals surface area contributed by atoms with Gasteiger partial charge in [-0.2, -0.15) is 0 Å². The lowest BCUT2D eigenvalue weighted by Crippen LogP contribution is -2.15. The first-order valence-corrected chi connectivity index (χ1v) is 12.0. The predicted molar refractivity (Wildman–Crippen MR) is 141 cm³/mol. The molecule has 0 aliphatic heterocycles. The third-order valence-electron chi connectivity index (χ3n) is 5.53. The molecule has 0 radical (unpaired) electrons. The number of benzene rings is 4. The van der Waals surface area contributed by atoms with Crippen LogP contribution in [0.15, 0.2) is 83.8 Å². The fourth-order valence-corrected chi connectivity index (χ4v) is 4.45. The Kier molecular flexibility index (Phi) is 7.17. The van der Waals surface area contributed by atoms with Gasteiger partial charge >= 0.3 is 5.97 Å². The van der Waals surface area contributed by atoms with Crippen molar-refractivity contribution in [3.63, 3.8) is 0 Å². The zero-order valence-electron chi connectivity index (χ0n) is 19.3. The van der Waals surface area contributed by atoms with Crippen LogP contribution >= 0.6 is 11.8 Å². The molecule has 176 valence electrons. The number of amides is 2. The van der Waals surface area contributed by atoms with Gasteiger partial charge < -0.3 is 15.7 Å². The number of carboxylic acid groups (broad SMARTS) is 1. The molecule has 0 saturated carbocycles. The van der Waals surface area contributed by atoms with Crippen molar-refractivity contribution in [1.29, 1.82) is 0 Å². The van der Waals surface area contributed by atoms with Gasteiger partial charge in [-0.25, -0.2) is 4.79 Å². The van der Waals surface area contributed by atoms with Gasteiger partial charge in [0, 0.05) is 27.2 Å². The first-order chi connectivity index (χ1) is 16.8. The van der Waals surface area contributed by atoms with E-state index in [-0.39, 0.29) is 17.2 Å². The van der Waals surface area contributed by atoms with Crippen LogP contribution < -0.4 is 10.6 Å². The van der Waals surface area contributed by atoms with E-state index in [1.165, 1.54) is 17.8 Å². The van der Waals surface area contributed by atoms with Gasteiger partial charge in [0.1, 0.15) is 0 Å². The van der Waals surface area contributed by atoms with Crippen LogP contribution in [0.2, 0.25) is 0 Å². The molecule has 3 N–H and O–H groups in total. The SMILES string of the molecule is Cc1ccc(C)c(NC(=O)CSc2ccc(NC(=O)c3cccc4cccc(C(=O)O)c34)cc2)c1. The number of hydrogen-bond acceptors (Lipinski definition) is 4. The van der Waals surface area contributed by atoms with Gasteiger partial charge in [0.25, 0.3) is 5.91 Å². The Bertz CT molecular complexity index is 1430. The number of thioether (sulfide) groups is 1. The third kappa shape index (κ3) is 5.70. The van der Waals surface area contributed by atoms with Gasteiger partial charge in [0.05, 0.1) is 11.3 Å². The lowest BCUT2D eigenvalue weighted by Gasteiger charge is -2.11. The summed E-state index contributed by atoms with van der Waals surface area (Å²) in [6, 6.07) is 23.2. The molecule has 4 aromatic rings. The molecule has 7 heteroatoms. The Morgan fingerprint density at radius 1 is 0.829 bits per heavy atom. The number of nitrogens with one attached hydrogen (secondary N) is 2. The third-order valence-corrected chi connectivity index (χ3v) is 6.54. The number of anilines is 2. The van der Waals surface area contributed by atoms with E-state index in [4.69, 9.17) is 0 Å². The van der Waals surface area contributed by atoms with Gasteiger partial charge in [-0.15, -0.1) is 11.8 Å². The van der Waals surface area contributed by atoms with Crippen molar-refractivity contribution in [2.75, 3.05) is 16.4 Å². The molecule has 0 spiro atoms. The summed E-state index contributed by atoms with van der Waals surface area (Å²) >= 11 is 1.40. The van der Waals surface area contributed by atoms with Crippen molar-refractivity contribution in [3.8, 4) is 0 Å². The quantitative estimate of drug-likeness (QED) is 0.274. The second-order valence-electron chi connectivity index (χ2n) is 8.15. The van der Waals surface area contributed by atoms with E-state index in [2.05, 4.69) is 10.6 Å². The van der Waals surface area contributed by atoms with Crippen LogP contribution in [0.5, 0.6) is 0 Å². The van der Waals surface area contributed by atoms with Crippen LogP contribution in [-0.4, -0.2) is 28.6 Å². The molecule has 0 heterocycles. The van der Waals surface area contributed by atoms with Gasteiger partial charge in [0.15, 0.2) is 0 Å². The van der Waals surface area contributed by atoms with Gasteiger partial charge in [-0.1, -0.05) is 36.4 Å². The van der Waals surface area contributed by atoms with E-state index in [0.29, 0.717) is 22.0 Å². The lowest BCUT2D eigenvalue weighted by molar-refractivity contribution is -0.113. The molecule has 35 heavy (non-hydrogen) atoms. The minimum atomic E-state index is -1.08. The standard InChI is InChI=1S/C28H24N2O4S/c1-17-9-10-18(2)24(15-17)30-25(31)16-35-21-13-11-20(12-14-21)29-27(32)22-7-3-5-19-6-4-8-23(26(19)22)28(33)34/h3-15H,16H2,1-2H3,(H,29,32)(H,30,31)(H,33,34). The van der Waals surface area contributed by atoms with Crippen molar-refractivity contribution in [2.24, 2.45) is 0 Å². The summed E-state index contributed by atoms with van der Waals surface area (Å²) in [6.45, 7) is 3.94. The topological polar surface area (TPSA) is 95.5 Å². The van der Waals surface area contributed by atoms with Gasteiger partial charge in [-0.3, -0.25) is 9.59 Å². The highest BCUT2D eigenvalue weighted by molar-refractivity contribution is 8.00. The van der Waals surface area contributed by atoms with Crippen molar-refractivity contribution in [1.82, 2.24) is 0 Å². The van der Waals surface area contributed by atoms with E-state index >= 15 is 0 Å². The summed E-state index contributed by atoms with van der Waals surface area (Å²) < 4.78 is 0. The van der Waals surface area contributed by atoms with Gasteiger partial charge in [-0.05, 0) is 72.8 Å². The smallest absolute Gasteiger partial charge is 0.336 e. The molecule has 2 amide bonds. The van der Waals surface area contributed by atoms with Crippen molar-refractivity contribution >= 4 is 51.7 Å². The maximum absolute atomic E-state index is 13.0. The Balaban J connectivity index is 1.41. The number of aryl methyl sites for hydroxylation is 2. The Hall–Kier alpha value is -4.10. The van der Waals surface area contributed by atoms with E-state index in [0.717, 1.165) is 21.7 Å². The van der Waals surface area contributed by atoms with Crippen LogP contribution in [0.25, 0.3) is 10.8 Å². The zero-order valence-corrected chi connectivity index (χ0v) is 20.1. The maximum atomic E-state index is 13.0. The normalized spacial score (nSPS) is 10.7. The number of aromatic carboxylic acids is 1. The molecule has 6 nitrogen and oxygen atoms in total. The van der Waals surface area contributed by atoms with E-state index < -0.39 is 11.9 Å². The lowest BCUT2D eigenvalue weighted by atomic mass is 9.98. The first kappa shape index (κ1) is 24.0. The molecule has 0 aliphatic rings. The van der Waals surface area contributed by atoms with Crippen LogP contribution in [0.3, 0.4) is 0 Å². The van der Waals surface area contributed by atoms with Crippen LogP contribution in [-0.2, 0) is 4.79 Å². The zero-order chi connectivity index (χ0) is 24.9. The number of hydrogen-bond donors (Lipinski definition) is 3. The van der Waals surface area contributed by atoms with E-state index in [1.54, 1.807) is 42.5 Å². The summed E-state index contributed by atoms with van der Waals surface area (Å²) in [5, 5.41) is 16.4. The van der Waals surface area contributed by atoms with E-state index in [1.807, 2.05) is 44.2 Å². The highest BCUT2D eigenvalue weighted by Crippen LogP contribution is 2.26. The van der Waals surface area contributed by atoms with Crippen molar-refractivity contribution in [3.05, 3.63) is 101 Å². The van der Waals surface area contributed by atoms with Crippen LogP contribution in [0, 0.1) is 13.8 Å². The largest absolute Gasteiger partial charge is 0.478 e. The second kappa shape index (κ2) is 10.4. The molecule has 4 rings (SSSR count). The fourth-order valence-electron chi connectivity index (χ4n) is 3.75. The Morgan fingerprint density at radius 2 is 1.51 bits per heavy atom. The number of carbonyl (C=O) groups is 3. The maximum Gasteiger partial charge on any atom is 0.336 e. The fraction of sp³-hybridized carbons (Fsp3) is 0.107. The molecule has 0 aliphatic carbocycles. The molecule has 0 saturated heterocycles. The number of carbonyl (C=O) groups excluding carboxylic acids is 2. The summed E-state index contributed by atoms with van der Waals surface area (Å²) in [6.07, 6.45) is 0. The van der Waals surface area contributed by atoms with Crippen molar-refractivity contribution < 1.29 is 19.5 Å². The average molecular weight is 485 g/mol. The summed E-state index contributed by atoms with van der Waals surface area (Å²) in [5.41, 5.74) is 3.85. The molecule has 0 unspecified atom stereocenters. The summed E-state index contributed by atoms with van der Waals surface area (Å²) in [4.78, 5) is 37.9. The van der Waals surface area contributed by atoms with Crippen molar-refractivity contribution in [2.45, 2.75) is 18.7 Å². The number of rotatable bonds is 7. The Morgan fingerprint density at radius 3 is 2.20 bits per heavy atom. The predicted octanol–water partition coefficient (Wildman–Crippen LogP) is 6.14. The van der Waals surface area contributed by atoms with Crippen LogP contribution in [0.1, 0.15) is 31.8 Å². The molecule has 0 bridgehead atoms. The minimum absolute atomic E-state index is 0.0825. The van der Waals surface area contributed by atoms with E-state index in [9.17, 15) is 19.5 Å². The number of carboxylic acids is 1. The Labute approximate surface area is 207 Å². The molecule has 0 atom stereocenters. The highest BCUT2D eigenvalue weighted by atomic mass is 32.2. The molecular formula is C28H24N2O4S. The average Bonchev–Trinajstić information content (AvgIpc) is 2.85. The second-order valence-corrected chi connectivity index (χ2v) is 9.20. The molecule has 4 aromatic carbocycles. The van der Waals surface area contributed by atoms with Gasteiger partial charge in [0.2, 0.25) is 5.91 Å². The first-order valence-electron chi connectivity index (χ1n) is 11.0. The molecule has 0 fully saturated rings. The summed E-state index contributed by atoms with van der Waals surface area (Å²) in [7, 11) is 0. The highest BCUT2D eigenvalue weighted by Gasteiger charge is 2.16. The monoisotopic (exact) mass is 484 g/mol. The van der Waals surface area contributed by atoms with Crippen LogP contribution in [0.4, 0.5) is 11.4 Å². The molecular weight excluding hydrogens is 460 g/mol. The number of fused-ring (bicyclic) bond motifs is 1. The minimum Gasteiger partial charge on any atom is -0.478 e. The molecule has 0 aromatic heterocycles. The summed E-state index contributed by atoms with van der Waals surface area (Å²) in [5.74, 6) is -1.31.